The smallest absolute Gasteiger partial charge is 0.337 e. The van der Waals surface area contributed by atoms with Gasteiger partial charge in [-0.15, -0.1) is 0 Å². The van der Waals surface area contributed by atoms with Gasteiger partial charge in [-0.05, 0) is 53.8 Å². The van der Waals surface area contributed by atoms with Crippen LogP contribution < -0.4 is 5.32 Å². The molecule has 0 radical (unpaired) electrons. The van der Waals surface area contributed by atoms with Gasteiger partial charge in [0.25, 0.3) is 0 Å². The Hall–Kier alpha value is -2.26. The van der Waals surface area contributed by atoms with Crippen LogP contribution in [0, 0.1) is 5.92 Å². The van der Waals surface area contributed by atoms with Crippen LogP contribution in [0.5, 0.6) is 0 Å². The summed E-state index contributed by atoms with van der Waals surface area (Å²) in [5.41, 5.74) is 4.03. The minimum atomic E-state index is -0.298. The lowest BCUT2D eigenvalue weighted by atomic mass is 9.76. The zero-order chi connectivity index (χ0) is 16.7. The quantitative estimate of drug-likeness (QED) is 0.621. The summed E-state index contributed by atoms with van der Waals surface area (Å²) in [5.74, 6) is 0.423. The van der Waals surface area contributed by atoms with Gasteiger partial charge in [-0.2, -0.15) is 0 Å². The van der Waals surface area contributed by atoms with Gasteiger partial charge in [-0.3, -0.25) is 0 Å². The number of carbonyl (C=O) groups is 1. The SMILES string of the molecule is COC(=O)c1ccc2c(c1)[C@@H]1C=CC[C@H]1[C@@H](c1cccc(Cl)c1)N2. The molecular weight excluding hydrogens is 322 g/mol. The van der Waals surface area contributed by atoms with E-state index in [1.165, 1.54) is 12.7 Å². The maximum Gasteiger partial charge on any atom is 0.337 e. The van der Waals surface area contributed by atoms with Gasteiger partial charge in [0.05, 0.1) is 18.7 Å². The molecule has 122 valence electrons. The highest BCUT2D eigenvalue weighted by Gasteiger charge is 2.38. The molecular formula is C20H18ClNO2. The number of benzene rings is 2. The molecule has 4 rings (SSSR count). The third-order valence-electron chi connectivity index (χ3n) is 4.99. The number of rotatable bonds is 2. The number of nitrogens with one attached hydrogen (secondary N) is 1. The molecule has 2 aromatic carbocycles. The topological polar surface area (TPSA) is 38.3 Å². The van der Waals surface area contributed by atoms with E-state index in [-0.39, 0.29) is 12.0 Å². The van der Waals surface area contributed by atoms with Crippen LogP contribution in [0.25, 0.3) is 0 Å². The summed E-state index contributed by atoms with van der Waals surface area (Å²) in [5, 5.41) is 4.40. The van der Waals surface area contributed by atoms with Crippen molar-refractivity contribution in [3.05, 3.63) is 76.3 Å². The first-order chi connectivity index (χ1) is 11.7. The average molecular weight is 340 g/mol. The lowest BCUT2D eigenvalue weighted by Crippen LogP contribution is -2.29. The standard InChI is InChI=1S/C20H18ClNO2/c1-24-20(23)13-8-9-18-17(11-13)15-6-3-7-16(15)19(22-18)12-4-2-5-14(21)10-12/h2-6,8-11,15-16,19,22H,7H2,1H3/t15-,16-,19-/m1/s1. The third kappa shape index (κ3) is 2.49. The maximum absolute atomic E-state index is 11.8. The number of carbonyl (C=O) groups excluding carboxylic acids is 1. The van der Waals surface area contributed by atoms with E-state index >= 15 is 0 Å². The van der Waals surface area contributed by atoms with E-state index in [4.69, 9.17) is 16.3 Å². The van der Waals surface area contributed by atoms with Gasteiger partial charge < -0.3 is 10.1 Å². The summed E-state index contributed by atoms with van der Waals surface area (Å²) in [7, 11) is 1.41. The van der Waals surface area contributed by atoms with Gasteiger partial charge in [0.15, 0.2) is 0 Å². The molecule has 0 saturated carbocycles. The van der Waals surface area contributed by atoms with Crippen molar-refractivity contribution in [2.75, 3.05) is 12.4 Å². The number of halogens is 1. The van der Waals surface area contributed by atoms with Crippen molar-refractivity contribution in [3.8, 4) is 0 Å². The second-order valence-electron chi connectivity index (χ2n) is 6.32. The van der Waals surface area contributed by atoms with Crippen LogP contribution in [-0.2, 0) is 4.74 Å². The van der Waals surface area contributed by atoms with Crippen molar-refractivity contribution in [2.24, 2.45) is 5.92 Å². The first-order valence-electron chi connectivity index (χ1n) is 8.08. The zero-order valence-corrected chi connectivity index (χ0v) is 14.1. The highest BCUT2D eigenvalue weighted by molar-refractivity contribution is 6.30. The van der Waals surface area contributed by atoms with E-state index in [0.717, 1.165) is 22.7 Å². The lowest BCUT2D eigenvalue weighted by molar-refractivity contribution is 0.0600. The molecule has 1 heterocycles. The number of ether oxygens (including phenoxy) is 1. The first-order valence-corrected chi connectivity index (χ1v) is 8.46. The molecule has 1 N–H and O–H groups in total. The second-order valence-corrected chi connectivity index (χ2v) is 6.76. The fourth-order valence-corrected chi connectivity index (χ4v) is 4.07. The summed E-state index contributed by atoms with van der Waals surface area (Å²) in [6, 6.07) is 14.0. The number of anilines is 1. The molecule has 1 aliphatic carbocycles. The summed E-state index contributed by atoms with van der Waals surface area (Å²) in [6.45, 7) is 0. The Bertz CT molecular complexity index is 830. The van der Waals surface area contributed by atoms with Crippen LogP contribution in [0.3, 0.4) is 0 Å². The Labute approximate surface area is 146 Å². The molecule has 2 aromatic rings. The number of fused-ring (bicyclic) bond motifs is 3. The van der Waals surface area contributed by atoms with Crippen LogP contribution in [-0.4, -0.2) is 13.1 Å². The van der Waals surface area contributed by atoms with Gasteiger partial charge >= 0.3 is 5.97 Å². The molecule has 1 aliphatic heterocycles. The molecule has 0 amide bonds. The summed E-state index contributed by atoms with van der Waals surface area (Å²) >= 11 is 6.18. The molecule has 0 bridgehead atoms. The second kappa shape index (κ2) is 5.99. The van der Waals surface area contributed by atoms with E-state index in [1.807, 2.05) is 36.4 Å². The first kappa shape index (κ1) is 15.3. The van der Waals surface area contributed by atoms with Crippen molar-refractivity contribution in [1.82, 2.24) is 0 Å². The monoisotopic (exact) mass is 339 g/mol. The van der Waals surface area contributed by atoms with E-state index in [0.29, 0.717) is 17.4 Å². The van der Waals surface area contributed by atoms with Crippen LogP contribution >= 0.6 is 11.6 Å². The third-order valence-corrected chi connectivity index (χ3v) is 5.23. The van der Waals surface area contributed by atoms with Crippen molar-refractivity contribution in [1.29, 1.82) is 0 Å². The van der Waals surface area contributed by atoms with E-state index in [2.05, 4.69) is 23.5 Å². The highest BCUT2D eigenvalue weighted by atomic mass is 35.5. The fourth-order valence-electron chi connectivity index (χ4n) is 3.87. The van der Waals surface area contributed by atoms with Crippen molar-refractivity contribution in [3.63, 3.8) is 0 Å². The number of allylic oxidation sites excluding steroid dienone is 2. The highest BCUT2D eigenvalue weighted by Crippen LogP contribution is 2.50. The van der Waals surface area contributed by atoms with Crippen LogP contribution in [0.2, 0.25) is 5.02 Å². The van der Waals surface area contributed by atoms with Crippen molar-refractivity contribution in [2.45, 2.75) is 18.4 Å². The number of esters is 1. The van der Waals surface area contributed by atoms with Crippen LogP contribution in [0.15, 0.2) is 54.6 Å². The molecule has 4 heteroatoms. The van der Waals surface area contributed by atoms with E-state index in [9.17, 15) is 4.79 Å². The van der Waals surface area contributed by atoms with Crippen LogP contribution in [0.4, 0.5) is 5.69 Å². The predicted octanol–water partition coefficient (Wildman–Crippen LogP) is 4.95. The fraction of sp³-hybridized carbons (Fsp3) is 0.250. The maximum atomic E-state index is 11.8. The van der Waals surface area contributed by atoms with Gasteiger partial charge in [-0.25, -0.2) is 4.79 Å². The lowest BCUT2D eigenvalue weighted by Gasteiger charge is -2.37. The summed E-state index contributed by atoms with van der Waals surface area (Å²) in [6.07, 6.45) is 5.49. The average Bonchev–Trinajstić information content (AvgIpc) is 3.10. The van der Waals surface area contributed by atoms with Crippen LogP contribution in [0.1, 0.15) is 39.9 Å². The normalized spacial score (nSPS) is 24.0. The summed E-state index contributed by atoms with van der Waals surface area (Å²) in [4.78, 5) is 11.8. The Morgan fingerprint density at radius 2 is 2.12 bits per heavy atom. The van der Waals surface area contributed by atoms with Gasteiger partial charge in [0.2, 0.25) is 0 Å². The molecule has 0 spiro atoms. The molecule has 3 atom stereocenters. The molecule has 3 nitrogen and oxygen atoms in total. The molecule has 0 fully saturated rings. The molecule has 0 unspecified atom stereocenters. The Morgan fingerprint density at radius 3 is 2.92 bits per heavy atom. The predicted molar refractivity (Wildman–Crippen MR) is 95.6 cm³/mol. The molecule has 0 aromatic heterocycles. The van der Waals surface area contributed by atoms with E-state index in [1.54, 1.807) is 0 Å². The number of methoxy groups -OCH3 is 1. The Kier molecular flexibility index (Phi) is 3.81. The number of hydrogen-bond donors (Lipinski definition) is 1. The van der Waals surface area contributed by atoms with Gasteiger partial charge in [0.1, 0.15) is 0 Å². The van der Waals surface area contributed by atoms with Gasteiger partial charge in [-0.1, -0.05) is 35.9 Å². The molecule has 24 heavy (non-hydrogen) atoms. The van der Waals surface area contributed by atoms with Crippen molar-refractivity contribution >= 4 is 23.3 Å². The molecule has 2 aliphatic rings. The molecule has 0 saturated heterocycles. The van der Waals surface area contributed by atoms with E-state index < -0.39 is 0 Å². The zero-order valence-electron chi connectivity index (χ0n) is 13.3. The Balaban J connectivity index is 1.76. The van der Waals surface area contributed by atoms with Crippen molar-refractivity contribution < 1.29 is 9.53 Å². The Morgan fingerprint density at radius 1 is 1.25 bits per heavy atom. The largest absolute Gasteiger partial charge is 0.465 e. The number of hydrogen-bond acceptors (Lipinski definition) is 3. The van der Waals surface area contributed by atoms with Gasteiger partial charge in [0, 0.05) is 16.6 Å². The summed E-state index contributed by atoms with van der Waals surface area (Å²) < 4.78 is 4.85. The minimum Gasteiger partial charge on any atom is -0.465 e. The minimum absolute atomic E-state index is 0.208.